The maximum absolute atomic E-state index is 12.3. The molecule has 0 aliphatic rings. The number of benzene rings is 1. The molecule has 0 aliphatic carbocycles. The number of rotatable bonds is 10. The monoisotopic (exact) mass is 370 g/mol. The van der Waals surface area contributed by atoms with Gasteiger partial charge in [0, 0.05) is 12.8 Å². The van der Waals surface area contributed by atoms with E-state index < -0.39 is 22.5 Å². The zero-order valence-corrected chi connectivity index (χ0v) is 14.6. The lowest BCUT2D eigenvalue weighted by Crippen LogP contribution is -2.54. The predicted molar refractivity (Wildman–Crippen MR) is 88.8 cm³/mol. The molecule has 0 heterocycles. The zero-order valence-electron chi connectivity index (χ0n) is 14.6. The van der Waals surface area contributed by atoms with Crippen LogP contribution < -0.4 is 5.32 Å². The largest absolute Gasteiger partial charge is 0.504 e. The summed E-state index contributed by atoms with van der Waals surface area (Å²) in [4.78, 5) is 38.6. The topological polar surface area (TPSA) is 148 Å². The van der Waals surface area contributed by atoms with E-state index in [0.29, 0.717) is 5.56 Å². The van der Waals surface area contributed by atoms with E-state index in [0.717, 1.165) is 0 Å². The number of carbonyl (C=O) groups excluding carboxylic acids is 2. The van der Waals surface area contributed by atoms with Gasteiger partial charge in [0.2, 0.25) is 5.91 Å². The van der Waals surface area contributed by atoms with Crippen molar-refractivity contribution in [1.29, 1.82) is 0 Å². The van der Waals surface area contributed by atoms with Crippen LogP contribution in [0, 0.1) is 10.1 Å². The molecule has 0 radical (unpaired) electrons. The van der Waals surface area contributed by atoms with Gasteiger partial charge in [-0.05, 0) is 38.0 Å². The lowest BCUT2D eigenvalue weighted by molar-refractivity contribution is -0.757. The van der Waals surface area contributed by atoms with Crippen molar-refractivity contribution in [2.45, 2.75) is 38.6 Å². The van der Waals surface area contributed by atoms with E-state index in [1.807, 2.05) is 0 Å². The number of nitrogens with one attached hydrogen (secondary N) is 1. The van der Waals surface area contributed by atoms with Crippen molar-refractivity contribution < 1.29 is 34.5 Å². The zero-order chi connectivity index (χ0) is 19.7. The molecule has 0 bridgehead atoms. The number of carbonyl (C=O) groups is 2. The second kappa shape index (κ2) is 9.44. The molecule has 0 fully saturated rings. The van der Waals surface area contributed by atoms with Gasteiger partial charge in [0.05, 0.1) is 13.2 Å². The van der Waals surface area contributed by atoms with Crippen LogP contribution in [0.1, 0.15) is 32.3 Å². The molecule has 0 aromatic heterocycles. The molecule has 26 heavy (non-hydrogen) atoms. The van der Waals surface area contributed by atoms with Gasteiger partial charge in [0.15, 0.2) is 11.5 Å². The van der Waals surface area contributed by atoms with Crippen molar-refractivity contribution >= 4 is 11.9 Å². The average molecular weight is 370 g/mol. The van der Waals surface area contributed by atoms with Crippen LogP contribution in [0.2, 0.25) is 0 Å². The van der Waals surface area contributed by atoms with Crippen molar-refractivity contribution in [3.8, 4) is 11.5 Å². The van der Waals surface area contributed by atoms with E-state index in [-0.39, 0.29) is 44.0 Å². The molecule has 0 saturated carbocycles. The summed E-state index contributed by atoms with van der Waals surface area (Å²) in [5, 5.41) is 30.6. The SMILES string of the molecule is CCOC(=O)C(C)(Cc1ccc(O)c(O)c1)NC(=O)CCCO[N+](=O)[O-]. The minimum absolute atomic E-state index is 0.0107. The highest BCUT2D eigenvalue weighted by atomic mass is 16.9. The maximum atomic E-state index is 12.3. The summed E-state index contributed by atoms with van der Waals surface area (Å²) in [5.41, 5.74) is -0.923. The van der Waals surface area contributed by atoms with E-state index in [9.17, 15) is 29.9 Å². The van der Waals surface area contributed by atoms with Crippen LogP contribution in [0.25, 0.3) is 0 Å². The molecule has 0 aliphatic heterocycles. The van der Waals surface area contributed by atoms with Gasteiger partial charge in [-0.25, -0.2) is 4.79 Å². The highest BCUT2D eigenvalue weighted by molar-refractivity contribution is 5.88. The van der Waals surface area contributed by atoms with Gasteiger partial charge in [-0.15, -0.1) is 10.1 Å². The Labute approximate surface area is 149 Å². The number of aromatic hydroxyl groups is 2. The number of hydrogen-bond acceptors (Lipinski definition) is 8. The van der Waals surface area contributed by atoms with Crippen LogP contribution in [-0.4, -0.2) is 45.9 Å². The van der Waals surface area contributed by atoms with E-state index in [1.54, 1.807) is 6.92 Å². The summed E-state index contributed by atoms with van der Waals surface area (Å²) in [6.07, 6.45) is 0.0339. The van der Waals surface area contributed by atoms with Crippen LogP contribution in [0.15, 0.2) is 18.2 Å². The fourth-order valence-corrected chi connectivity index (χ4v) is 2.29. The first-order valence-electron chi connectivity index (χ1n) is 7.94. The molecular formula is C16H22N2O8. The van der Waals surface area contributed by atoms with Gasteiger partial charge in [-0.3, -0.25) is 4.79 Å². The van der Waals surface area contributed by atoms with Crippen LogP contribution in [0.5, 0.6) is 11.5 Å². The highest BCUT2D eigenvalue weighted by Gasteiger charge is 2.36. The van der Waals surface area contributed by atoms with Crippen molar-refractivity contribution in [1.82, 2.24) is 5.32 Å². The molecule has 0 saturated heterocycles. The van der Waals surface area contributed by atoms with Crippen LogP contribution in [0.4, 0.5) is 0 Å². The lowest BCUT2D eigenvalue weighted by atomic mass is 9.92. The molecule has 1 unspecified atom stereocenters. The minimum atomic E-state index is -1.42. The Morgan fingerprint density at radius 3 is 2.58 bits per heavy atom. The molecule has 1 atom stereocenters. The van der Waals surface area contributed by atoms with Crippen LogP contribution >= 0.6 is 0 Å². The Hall–Kier alpha value is -3.04. The second-order valence-electron chi connectivity index (χ2n) is 5.76. The minimum Gasteiger partial charge on any atom is -0.504 e. The van der Waals surface area contributed by atoms with Crippen LogP contribution in [0.3, 0.4) is 0 Å². The van der Waals surface area contributed by atoms with Crippen molar-refractivity contribution in [2.75, 3.05) is 13.2 Å². The molecule has 10 heteroatoms. The second-order valence-corrected chi connectivity index (χ2v) is 5.76. The van der Waals surface area contributed by atoms with Gasteiger partial charge in [0.25, 0.3) is 5.09 Å². The molecular weight excluding hydrogens is 348 g/mol. The lowest BCUT2D eigenvalue weighted by Gasteiger charge is -2.28. The summed E-state index contributed by atoms with van der Waals surface area (Å²) in [7, 11) is 0. The summed E-state index contributed by atoms with van der Waals surface area (Å²) < 4.78 is 5.01. The molecule has 10 nitrogen and oxygen atoms in total. The molecule has 1 aromatic rings. The fraction of sp³-hybridized carbons (Fsp3) is 0.500. The molecule has 0 spiro atoms. The molecule has 3 N–H and O–H groups in total. The van der Waals surface area contributed by atoms with Crippen molar-refractivity contribution in [2.24, 2.45) is 0 Å². The first-order valence-corrected chi connectivity index (χ1v) is 7.94. The molecule has 1 amide bonds. The number of phenolic OH excluding ortho intramolecular Hbond substituents is 2. The van der Waals surface area contributed by atoms with E-state index in [1.165, 1.54) is 25.1 Å². The number of nitrogens with zero attached hydrogens (tertiary/aromatic N) is 1. The van der Waals surface area contributed by atoms with Gasteiger partial charge >= 0.3 is 5.97 Å². The first-order chi connectivity index (χ1) is 12.2. The summed E-state index contributed by atoms with van der Waals surface area (Å²) >= 11 is 0. The van der Waals surface area contributed by atoms with Gasteiger partial charge in [-0.1, -0.05) is 6.07 Å². The third-order valence-corrected chi connectivity index (χ3v) is 3.48. The van der Waals surface area contributed by atoms with E-state index >= 15 is 0 Å². The van der Waals surface area contributed by atoms with Crippen molar-refractivity contribution in [3.63, 3.8) is 0 Å². The standard InChI is InChI=1S/C16H22N2O8/c1-3-25-15(22)16(2,10-11-6-7-12(19)13(20)9-11)17-14(21)5-4-8-26-18(23)24/h6-7,9,19-20H,3-5,8,10H2,1-2H3,(H,17,21). The Morgan fingerprint density at radius 1 is 1.31 bits per heavy atom. The number of esters is 1. The van der Waals surface area contributed by atoms with E-state index in [4.69, 9.17) is 4.74 Å². The molecule has 1 rings (SSSR count). The van der Waals surface area contributed by atoms with Gasteiger partial charge < -0.3 is 25.1 Å². The smallest absolute Gasteiger partial charge is 0.331 e. The molecule has 1 aromatic carbocycles. The third-order valence-electron chi connectivity index (χ3n) is 3.48. The Bertz CT molecular complexity index is 664. The highest BCUT2D eigenvalue weighted by Crippen LogP contribution is 2.27. The number of hydrogen-bond donors (Lipinski definition) is 3. The number of ether oxygens (including phenoxy) is 1. The van der Waals surface area contributed by atoms with Crippen LogP contribution in [-0.2, 0) is 25.6 Å². The average Bonchev–Trinajstić information content (AvgIpc) is 2.55. The summed E-state index contributed by atoms with van der Waals surface area (Å²) in [5.74, 6) is -1.82. The molecule has 144 valence electrons. The van der Waals surface area contributed by atoms with E-state index in [2.05, 4.69) is 10.2 Å². The normalized spacial score (nSPS) is 12.7. The third kappa shape index (κ3) is 6.46. The Kier molecular flexibility index (Phi) is 7.63. The first kappa shape index (κ1) is 21.0. The van der Waals surface area contributed by atoms with Gasteiger partial charge in [0.1, 0.15) is 5.54 Å². The summed E-state index contributed by atoms with van der Waals surface area (Å²) in [6.45, 7) is 2.98. The number of amides is 1. The Balaban J connectivity index is 2.81. The fourth-order valence-electron chi connectivity index (χ4n) is 2.29. The predicted octanol–water partition coefficient (Wildman–Crippen LogP) is 1.07. The summed E-state index contributed by atoms with van der Waals surface area (Å²) in [6, 6.07) is 4.06. The van der Waals surface area contributed by atoms with Gasteiger partial charge in [-0.2, -0.15) is 0 Å². The quantitative estimate of drug-likeness (QED) is 0.182. The Morgan fingerprint density at radius 2 is 2.00 bits per heavy atom. The maximum Gasteiger partial charge on any atom is 0.331 e. The van der Waals surface area contributed by atoms with Crippen molar-refractivity contribution in [3.05, 3.63) is 33.9 Å². The number of phenols is 2.